The van der Waals surface area contributed by atoms with Gasteiger partial charge in [0.15, 0.2) is 0 Å². The topological polar surface area (TPSA) is 88.9 Å². The number of sulfonamides is 1. The lowest BCUT2D eigenvalue weighted by molar-refractivity contribution is -0.137. The number of halogens is 3. The predicted octanol–water partition coefficient (Wildman–Crippen LogP) is 3.02. The van der Waals surface area contributed by atoms with Crippen molar-refractivity contribution in [1.82, 2.24) is 19.3 Å². The van der Waals surface area contributed by atoms with Gasteiger partial charge in [0.2, 0.25) is 10.0 Å². The van der Waals surface area contributed by atoms with Gasteiger partial charge in [-0.25, -0.2) is 23.1 Å². The lowest BCUT2D eigenvalue weighted by atomic mass is 10.1. The summed E-state index contributed by atoms with van der Waals surface area (Å²) >= 11 is 0. The van der Waals surface area contributed by atoms with Crippen LogP contribution in [0.1, 0.15) is 11.1 Å². The number of nitrogens with one attached hydrogen (secondary N) is 2. The van der Waals surface area contributed by atoms with Crippen molar-refractivity contribution in [1.29, 1.82) is 0 Å². The first kappa shape index (κ1) is 20.8. The average Bonchev–Trinajstić information content (AvgIpc) is 3.12. The van der Waals surface area contributed by atoms with E-state index >= 15 is 0 Å². The van der Waals surface area contributed by atoms with E-state index in [4.69, 9.17) is 0 Å². The Bertz CT molecular complexity index is 1110. The average molecular weight is 425 g/mol. The molecule has 11 heteroatoms. The molecule has 0 saturated carbocycles. The minimum atomic E-state index is -4.39. The van der Waals surface area contributed by atoms with E-state index in [1.807, 2.05) is 0 Å². The molecule has 0 aliphatic heterocycles. The Kier molecular flexibility index (Phi) is 5.62. The molecule has 0 spiro atoms. The molecule has 3 aromatic rings. The Labute approximate surface area is 165 Å². The van der Waals surface area contributed by atoms with E-state index in [0.29, 0.717) is 22.6 Å². The molecule has 29 heavy (non-hydrogen) atoms. The fourth-order valence-electron chi connectivity index (χ4n) is 2.60. The smallest absolute Gasteiger partial charge is 0.365 e. The summed E-state index contributed by atoms with van der Waals surface area (Å²) < 4.78 is 66.2. The van der Waals surface area contributed by atoms with Gasteiger partial charge in [-0.1, -0.05) is 12.1 Å². The van der Waals surface area contributed by atoms with Crippen molar-refractivity contribution < 1.29 is 21.6 Å². The maximum absolute atomic E-state index is 12.7. The molecule has 0 aliphatic carbocycles. The number of hydrogen-bond acceptors (Lipinski definition) is 5. The SMILES string of the molecule is CNS(=O)(=O)c1cnc(NCc2ccc(C(F)(F)F)cc2)c(-c2cn(C)cn2)c1. The lowest BCUT2D eigenvalue weighted by Crippen LogP contribution is -2.19. The first-order chi connectivity index (χ1) is 13.6. The van der Waals surface area contributed by atoms with Crippen molar-refractivity contribution in [2.75, 3.05) is 12.4 Å². The summed E-state index contributed by atoms with van der Waals surface area (Å²) in [6, 6.07) is 6.20. The molecule has 7 nitrogen and oxygen atoms in total. The summed E-state index contributed by atoms with van der Waals surface area (Å²) in [6.45, 7) is 0.198. The van der Waals surface area contributed by atoms with Crippen molar-refractivity contribution in [3.8, 4) is 11.3 Å². The monoisotopic (exact) mass is 425 g/mol. The number of benzene rings is 1. The van der Waals surface area contributed by atoms with E-state index in [1.165, 1.54) is 31.4 Å². The molecule has 1 aromatic carbocycles. The van der Waals surface area contributed by atoms with E-state index in [0.717, 1.165) is 12.1 Å². The van der Waals surface area contributed by atoms with Crippen LogP contribution in [-0.2, 0) is 29.8 Å². The van der Waals surface area contributed by atoms with E-state index in [9.17, 15) is 21.6 Å². The molecule has 2 N–H and O–H groups in total. The van der Waals surface area contributed by atoms with Crippen LogP contribution in [0.25, 0.3) is 11.3 Å². The Morgan fingerprint density at radius 1 is 1.14 bits per heavy atom. The van der Waals surface area contributed by atoms with Crippen LogP contribution in [-0.4, -0.2) is 30.0 Å². The van der Waals surface area contributed by atoms with Crippen LogP contribution in [0, 0.1) is 0 Å². The standard InChI is InChI=1S/C18H18F3N5O2S/c1-22-29(27,28)14-7-15(16-10-26(2)11-25-16)17(24-9-14)23-8-12-3-5-13(6-4-12)18(19,20)21/h3-7,9-11,22H,8H2,1-2H3,(H,23,24). The van der Waals surface area contributed by atoms with Crippen molar-refractivity contribution in [3.63, 3.8) is 0 Å². The number of pyridine rings is 1. The molecule has 0 unspecified atom stereocenters. The maximum atomic E-state index is 12.7. The van der Waals surface area contributed by atoms with E-state index in [-0.39, 0.29) is 11.4 Å². The van der Waals surface area contributed by atoms with E-state index in [1.54, 1.807) is 24.1 Å². The Morgan fingerprint density at radius 3 is 2.38 bits per heavy atom. The largest absolute Gasteiger partial charge is 0.416 e. The van der Waals surface area contributed by atoms with Gasteiger partial charge >= 0.3 is 6.18 Å². The number of alkyl halides is 3. The quantitative estimate of drug-likeness (QED) is 0.634. The summed E-state index contributed by atoms with van der Waals surface area (Å²) in [4.78, 5) is 8.40. The van der Waals surface area contributed by atoms with Crippen LogP contribution in [0.15, 0.2) is 53.9 Å². The van der Waals surface area contributed by atoms with Gasteiger partial charge in [0.05, 0.1) is 17.6 Å². The van der Waals surface area contributed by atoms with E-state index < -0.39 is 21.8 Å². The Balaban J connectivity index is 1.90. The van der Waals surface area contributed by atoms with Crippen LogP contribution in [0.3, 0.4) is 0 Å². The van der Waals surface area contributed by atoms with Gasteiger partial charge in [0.1, 0.15) is 10.7 Å². The van der Waals surface area contributed by atoms with Gasteiger partial charge in [-0.05, 0) is 30.8 Å². The second-order valence-corrected chi connectivity index (χ2v) is 8.13. The Hall–Kier alpha value is -2.92. The predicted molar refractivity (Wildman–Crippen MR) is 101 cm³/mol. The summed E-state index contributed by atoms with van der Waals surface area (Å²) in [7, 11) is -0.636. The number of rotatable bonds is 6. The highest BCUT2D eigenvalue weighted by molar-refractivity contribution is 7.89. The molecule has 0 radical (unpaired) electrons. The van der Waals surface area contributed by atoms with Crippen molar-refractivity contribution in [3.05, 3.63) is 60.2 Å². The molecule has 0 saturated heterocycles. The van der Waals surface area contributed by atoms with Crippen LogP contribution < -0.4 is 10.0 Å². The van der Waals surface area contributed by atoms with Gasteiger partial charge in [-0.3, -0.25) is 0 Å². The molecule has 154 valence electrons. The number of aromatic nitrogens is 3. The number of anilines is 1. The van der Waals surface area contributed by atoms with Crippen LogP contribution in [0.4, 0.5) is 19.0 Å². The van der Waals surface area contributed by atoms with Crippen LogP contribution in [0.5, 0.6) is 0 Å². The van der Waals surface area contributed by atoms with Gasteiger partial charge in [-0.2, -0.15) is 13.2 Å². The third kappa shape index (κ3) is 4.74. The summed E-state index contributed by atoms with van der Waals surface area (Å²) in [5.41, 5.74) is 0.839. The first-order valence-corrected chi connectivity index (χ1v) is 9.90. The maximum Gasteiger partial charge on any atom is 0.416 e. The fourth-order valence-corrected chi connectivity index (χ4v) is 3.30. The molecule has 3 rings (SSSR count). The molecule has 2 heterocycles. The molecular weight excluding hydrogens is 407 g/mol. The zero-order valence-electron chi connectivity index (χ0n) is 15.5. The lowest BCUT2D eigenvalue weighted by Gasteiger charge is -2.12. The highest BCUT2D eigenvalue weighted by Crippen LogP contribution is 2.30. The molecule has 0 bridgehead atoms. The van der Waals surface area contributed by atoms with Gasteiger partial charge in [0, 0.05) is 31.5 Å². The van der Waals surface area contributed by atoms with Crippen molar-refractivity contribution in [2.45, 2.75) is 17.6 Å². The zero-order valence-corrected chi connectivity index (χ0v) is 16.3. The summed E-state index contributed by atoms with van der Waals surface area (Å²) in [5.74, 6) is 0.360. The number of imidazole rings is 1. The number of aryl methyl sites for hydroxylation is 1. The van der Waals surface area contributed by atoms with E-state index in [2.05, 4.69) is 20.0 Å². The minimum absolute atomic E-state index is 0.0271. The summed E-state index contributed by atoms with van der Waals surface area (Å²) in [5, 5.41) is 3.04. The van der Waals surface area contributed by atoms with Crippen LogP contribution in [0.2, 0.25) is 0 Å². The zero-order chi connectivity index (χ0) is 21.2. The van der Waals surface area contributed by atoms with Gasteiger partial charge < -0.3 is 9.88 Å². The third-order valence-corrected chi connectivity index (χ3v) is 5.55. The third-order valence-electron chi connectivity index (χ3n) is 4.16. The number of nitrogens with zero attached hydrogens (tertiary/aromatic N) is 3. The van der Waals surface area contributed by atoms with Crippen molar-refractivity contribution in [2.24, 2.45) is 7.05 Å². The Morgan fingerprint density at radius 2 is 1.83 bits per heavy atom. The molecule has 0 amide bonds. The second kappa shape index (κ2) is 7.84. The van der Waals surface area contributed by atoms with Gasteiger partial charge in [0.25, 0.3) is 0 Å². The molecular formula is C18H18F3N5O2S. The first-order valence-electron chi connectivity index (χ1n) is 8.42. The molecule has 0 atom stereocenters. The summed E-state index contributed by atoms with van der Waals surface area (Å²) in [6.07, 6.45) is 0.0754. The fraction of sp³-hybridized carbons (Fsp3) is 0.222. The minimum Gasteiger partial charge on any atom is -0.365 e. The van der Waals surface area contributed by atoms with Gasteiger partial charge in [-0.15, -0.1) is 0 Å². The van der Waals surface area contributed by atoms with Crippen LogP contribution >= 0.6 is 0 Å². The normalized spacial score (nSPS) is 12.2. The molecule has 2 aromatic heterocycles. The highest BCUT2D eigenvalue weighted by Gasteiger charge is 2.29. The number of hydrogen-bond donors (Lipinski definition) is 2. The molecule has 0 aliphatic rings. The highest BCUT2D eigenvalue weighted by atomic mass is 32.2. The second-order valence-electron chi connectivity index (χ2n) is 6.25. The molecule has 0 fully saturated rings. The van der Waals surface area contributed by atoms with Crippen molar-refractivity contribution >= 4 is 15.8 Å².